The lowest BCUT2D eigenvalue weighted by Crippen LogP contribution is -1.98. The second-order valence-corrected chi connectivity index (χ2v) is 5.21. The van der Waals surface area contributed by atoms with Crippen LogP contribution in [-0.4, -0.2) is 26.8 Å². The molecule has 7 heteroatoms. The van der Waals surface area contributed by atoms with Crippen LogP contribution < -0.4 is 0 Å². The van der Waals surface area contributed by atoms with E-state index in [1.807, 2.05) is 13.8 Å². The zero-order chi connectivity index (χ0) is 12.1. The van der Waals surface area contributed by atoms with Gasteiger partial charge in [0.2, 0.25) is 0 Å². The third-order valence-electron chi connectivity index (χ3n) is 2.08. The van der Waals surface area contributed by atoms with Gasteiger partial charge in [0.05, 0.1) is 5.69 Å². The molecule has 5 nitrogen and oxygen atoms in total. The summed E-state index contributed by atoms with van der Waals surface area (Å²) < 4.78 is 5.50. The summed E-state index contributed by atoms with van der Waals surface area (Å²) in [6.07, 6.45) is 1.58. The second kappa shape index (κ2) is 6.13. The van der Waals surface area contributed by atoms with Crippen molar-refractivity contribution in [3.63, 3.8) is 0 Å². The number of thiazole rings is 1. The zero-order valence-corrected chi connectivity index (χ0v) is 11.3. The predicted octanol–water partition coefficient (Wildman–Crippen LogP) is 2.65. The Bertz CT molecular complexity index is 443. The summed E-state index contributed by atoms with van der Waals surface area (Å²) >= 11 is 3.23. The molecular formula is C10H14N4OS2. The number of hydrogen-bond donors (Lipinski definition) is 1. The Kier molecular flexibility index (Phi) is 4.52. The van der Waals surface area contributed by atoms with Crippen molar-refractivity contribution in [2.45, 2.75) is 30.9 Å². The lowest BCUT2D eigenvalue weighted by molar-refractivity contribution is 0.0761. The summed E-state index contributed by atoms with van der Waals surface area (Å²) in [4.78, 5) is 8.59. The summed E-state index contributed by atoms with van der Waals surface area (Å²) in [5.41, 5.74) is 1.05. The minimum Gasteiger partial charge on any atom is -0.372 e. The van der Waals surface area contributed by atoms with E-state index >= 15 is 0 Å². The number of aromatic amines is 1. The number of rotatable bonds is 6. The Morgan fingerprint density at radius 2 is 2.47 bits per heavy atom. The number of nitrogens with one attached hydrogen (secondary N) is 1. The molecule has 0 spiro atoms. The molecule has 2 aromatic rings. The topological polar surface area (TPSA) is 63.7 Å². The fraction of sp³-hybridized carbons (Fsp3) is 0.500. The van der Waals surface area contributed by atoms with Gasteiger partial charge in [0.15, 0.2) is 5.16 Å². The van der Waals surface area contributed by atoms with Gasteiger partial charge in [-0.05, 0) is 13.8 Å². The lowest BCUT2D eigenvalue weighted by atomic mass is 10.4. The first-order valence-corrected chi connectivity index (χ1v) is 7.20. The van der Waals surface area contributed by atoms with Crippen molar-refractivity contribution in [2.24, 2.45) is 0 Å². The average Bonchev–Trinajstić information content (AvgIpc) is 2.98. The Balaban J connectivity index is 1.89. The predicted molar refractivity (Wildman–Crippen MR) is 68.1 cm³/mol. The molecule has 92 valence electrons. The Morgan fingerprint density at radius 1 is 1.59 bits per heavy atom. The highest BCUT2D eigenvalue weighted by Crippen LogP contribution is 2.24. The molecule has 0 radical (unpaired) electrons. The maximum atomic E-state index is 5.50. The second-order valence-electron chi connectivity index (χ2n) is 3.35. The van der Waals surface area contributed by atoms with Gasteiger partial charge in [-0.25, -0.2) is 9.97 Å². The third-order valence-corrected chi connectivity index (χ3v) is 4.05. The van der Waals surface area contributed by atoms with Gasteiger partial charge < -0.3 is 4.74 Å². The van der Waals surface area contributed by atoms with Crippen molar-refractivity contribution in [1.82, 2.24) is 20.2 Å². The van der Waals surface area contributed by atoms with Crippen LogP contribution >= 0.6 is 23.1 Å². The largest absolute Gasteiger partial charge is 0.372 e. The van der Waals surface area contributed by atoms with Crippen LogP contribution in [0.15, 0.2) is 16.9 Å². The minimum atomic E-state index is 0.0778. The molecule has 0 saturated carbocycles. The van der Waals surface area contributed by atoms with Crippen molar-refractivity contribution in [1.29, 1.82) is 0 Å². The molecular weight excluding hydrogens is 256 g/mol. The van der Waals surface area contributed by atoms with E-state index in [2.05, 4.69) is 25.5 Å². The molecule has 0 aliphatic heterocycles. The Morgan fingerprint density at radius 3 is 3.18 bits per heavy atom. The number of H-pyrrole nitrogens is 1. The summed E-state index contributed by atoms with van der Waals surface area (Å²) in [5.74, 6) is 0.796. The average molecular weight is 270 g/mol. The van der Waals surface area contributed by atoms with Gasteiger partial charge in [0, 0.05) is 17.7 Å². The Labute approximate surface area is 108 Å². The standard InChI is InChI=1S/C10H14N4OS2/c1-3-15-7(2)9-13-8(4-16-9)5-17-10-11-6-12-14-10/h4,6-7H,3,5H2,1-2H3,(H,11,12,14). The van der Waals surface area contributed by atoms with E-state index in [4.69, 9.17) is 4.74 Å². The molecule has 0 amide bonds. The number of aromatic nitrogens is 4. The highest BCUT2D eigenvalue weighted by atomic mass is 32.2. The van der Waals surface area contributed by atoms with Gasteiger partial charge >= 0.3 is 0 Å². The van der Waals surface area contributed by atoms with E-state index in [-0.39, 0.29) is 6.10 Å². The molecule has 0 aliphatic carbocycles. The Hall–Kier alpha value is -0.920. The normalized spacial score (nSPS) is 12.8. The van der Waals surface area contributed by atoms with Crippen LogP contribution in [0.3, 0.4) is 0 Å². The number of thioether (sulfide) groups is 1. The first kappa shape index (κ1) is 12.5. The van der Waals surface area contributed by atoms with Crippen LogP contribution in [0.1, 0.15) is 30.7 Å². The fourth-order valence-corrected chi connectivity index (χ4v) is 2.90. The first-order chi connectivity index (χ1) is 8.29. The minimum absolute atomic E-state index is 0.0778. The number of nitrogens with zero attached hydrogens (tertiary/aromatic N) is 3. The van der Waals surface area contributed by atoms with Gasteiger partial charge in [-0.15, -0.1) is 11.3 Å². The molecule has 2 heterocycles. The highest BCUT2D eigenvalue weighted by molar-refractivity contribution is 7.98. The zero-order valence-electron chi connectivity index (χ0n) is 9.71. The summed E-state index contributed by atoms with van der Waals surface area (Å²) in [6.45, 7) is 4.73. The molecule has 2 aromatic heterocycles. The van der Waals surface area contributed by atoms with E-state index in [1.165, 1.54) is 6.33 Å². The van der Waals surface area contributed by atoms with Crippen molar-refractivity contribution in [2.75, 3.05) is 6.61 Å². The maximum absolute atomic E-state index is 5.50. The SMILES string of the molecule is CCOC(C)c1nc(CSc2ncn[nH]2)cs1. The molecule has 0 fully saturated rings. The van der Waals surface area contributed by atoms with Crippen molar-refractivity contribution < 1.29 is 4.74 Å². The summed E-state index contributed by atoms with van der Waals surface area (Å²) in [5, 5.41) is 10.5. The summed E-state index contributed by atoms with van der Waals surface area (Å²) in [6, 6.07) is 0. The van der Waals surface area contributed by atoms with Crippen LogP contribution in [0.25, 0.3) is 0 Å². The highest BCUT2D eigenvalue weighted by Gasteiger charge is 2.10. The van der Waals surface area contributed by atoms with E-state index < -0.39 is 0 Å². The molecule has 1 unspecified atom stereocenters. The van der Waals surface area contributed by atoms with E-state index in [0.717, 1.165) is 21.6 Å². The molecule has 0 bridgehead atoms. The number of hydrogen-bond acceptors (Lipinski definition) is 6. The molecule has 1 atom stereocenters. The van der Waals surface area contributed by atoms with Crippen LogP contribution in [0.2, 0.25) is 0 Å². The smallest absolute Gasteiger partial charge is 0.183 e. The molecule has 0 saturated heterocycles. The third kappa shape index (κ3) is 3.52. The maximum Gasteiger partial charge on any atom is 0.183 e. The quantitative estimate of drug-likeness (QED) is 0.818. The number of ether oxygens (including phenoxy) is 1. The van der Waals surface area contributed by atoms with Crippen molar-refractivity contribution in [3.05, 3.63) is 22.4 Å². The molecule has 0 aromatic carbocycles. The monoisotopic (exact) mass is 270 g/mol. The first-order valence-electron chi connectivity index (χ1n) is 5.33. The molecule has 0 aliphatic rings. The fourth-order valence-electron chi connectivity index (χ4n) is 1.30. The van der Waals surface area contributed by atoms with Gasteiger partial charge in [-0.2, -0.15) is 5.10 Å². The van der Waals surface area contributed by atoms with Gasteiger partial charge in [0.25, 0.3) is 0 Å². The molecule has 1 N–H and O–H groups in total. The van der Waals surface area contributed by atoms with Gasteiger partial charge in [-0.3, -0.25) is 5.10 Å². The van der Waals surface area contributed by atoms with E-state index in [0.29, 0.717) is 6.61 Å². The van der Waals surface area contributed by atoms with E-state index in [1.54, 1.807) is 23.1 Å². The summed E-state index contributed by atoms with van der Waals surface area (Å²) in [7, 11) is 0. The molecule has 2 rings (SSSR count). The van der Waals surface area contributed by atoms with Crippen LogP contribution in [-0.2, 0) is 10.5 Å². The van der Waals surface area contributed by atoms with Crippen molar-refractivity contribution in [3.8, 4) is 0 Å². The van der Waals surface area contributed by atoms with Crippen LogP contribution in [0.4, 0.5) is 0 Å². The van der Waals surface area contributed by atoms with Crippen molar-refractivity contribution >= 4 is 23.1 Å². The van der Waals surface area contributed by atoms with Gasteiger partial charge in [-0.1, -0.05) is 11.8 Å². The van der Waals surface area contributed by atoms with Crippen LogP contribution in [0, 0.1) is 0 Å². The molecule has 17 heavy (non-hydrogen) atoms. The van der Waals surface area contributed by atoms with Crippen LogP contribution in [0.5, 0.6) is 0 Å². The lowest BCUT2D eigenvalue weighted by Gasteiger charge is -2.06. The van der Waals surface area contributed by atoms with Gasteiger partial charge in [0.1, 0.15) is 17.4 Å². The van der Waals surface area contributed by atoms with E-state index in [9.17, 15) is 0 Å².